The zero-order chi connectivity index (χ0) is 13.2. The van der Waals surface area contributed by atoms with E-state index >= 15 is 0 Å². The molecule has 0 fully saturated rings. The van der Waals surface area contributed by atoms with Gasteiger partial charge in [0, 0.05) is 12.2 Å². The van der Waals surface area contributed by atoms with Gasteiger partial charge >= 0.3 is 0 Å². The summed E-state index contributed by atoms with van der Waals surface area (Å²) in [5, 5.41) is 3.17. The van der Waals surface area contributed by atoms with Crippen molar-refractivity contribution in [2.24, 2.45) is 0 Å². The van der Waals surface area contributed by atoms with Crippen molar-refractivity contribution >= 4 is 6.08 Å². The molecule has 0 aliphatic rings. The van der Waals surface area contributed by atoms with E-state index in [1.165, 1.54) is 0 Å². The molecule has 0 saturated carbocycles. The molecule has 0 bridgehead atoms. The minimum absolute atomic E-state index is 0.281. The van der Waals surface area contributed by atoms with E-state index in [9.17, 15) is 0 Å². The summed E-state index contributed by atoms with van der Waals surface area (Å²) in [4.78, 5) is 8.47. The molecule has 0 spiro atoms. The number of hydrogen-bond donors (Lipinski definition) is 1. The van der Waals surface area contributed by atoms with Gasteiger partial charge in [-0.1, -0.05) is 12.0 Å². The second-order valence-corrected chi connectivity index (χ2v) is 3.92. The summed E-state index contributed by atoms with van der Waals surface area (Å²) in [6, 6.07) is 2.33. The summed E-state index contributed by atoms with van der Waals surface area (Å²) in [5.74, 6) is 3.05. The van der Waals surface area contributed by atoms with Gasteiger partial charge in [-0.3, -0.25) is 0 Å². The number of aromatic nitrogens is 2. The normalized spacial score (nSPS) is 12.5. The van der Waals surface area contributed by atoms with Gasteiger partial charge in [-0.05, 0) is 32.5 Å². The maximum Gasteiger partial charge on any atom is 0.154 e. The third-order valence-electron chi connectivity index (χ3n) is 2.41. The van der Waals surface area contributed by atoms with Crippen LogP contribution in [0.25, 0.3) is 6.08 Å². The van der Waals surface area contributed by atoms with Crippen LogP contribution in [0.4, 0.5) is 0 Å². The largest absolute Gasteiger partial charge is 0.361 e. The van der Waals surface area contributed by atoms with Gasteiger partial charge in [0.1, 0.15) is 13.2 Å². The van der Waals surface area contributed by atoms with E-state index in [4.69, 9.17) is 11.2 Å². The number of nitrogens with zero attached hydrogens (tertiary/aromatic N) is 2. The van der Waals surface area contributed by atoms with Crippen molar-refractivity contribution in [2.75, 3.05) is 13.7 Å². The fourth-order valence-corrected chi connectivity index (χ4v) is 1.29. The lowest BCUT2D eigenvalue weighted by Crippen LogP contribution is -2.19. The van der Waals surface area contributed by atoms with E-state index in [2.05, 4.69) is 34.2 Å². The van der Waals surface area contributed by atoms with Gasteiger partial charge in [0.2, 0.25) is 0 Å². The first-order valence-corrected chi connectivity index (χ1v) is 5.93. The van der Waals surface area contributed by atoms with Crippen LogP contribution in [0.2, 0.25) is 0 Å². The van der Waals surface area contributed by atoms with Gasteiger partial charge in [0.25, 0.3) is 0 Å². The molecular weight excluding hydrogens is 226 g/mol. The van der Waals surface area contributed by atoms with Crippen molar-refractivity contribution in [3.05, 3.63) is 29.9 Å². The molecule has 1 aromatic rings. The highest BCUT2D eigenvalue weighted by atomic mass is 16.5. The van der Waals surface area contributed by atoms with Crippen molar-refractivity contribution in [2.45, 2.75) is 26.0 Å². The van der Waals surface area contributed by atoms with Gasteiger partial charge in [-0.25, -0.2) is 9.97 Å². The topological polar surface area (TPSA) is 47.0 Å². The molecular formula is C14H19N3O. The lowest BCUT2D eigenvalue weighted by atomic mass is 10.2. The molecule has 0 aliphatic carbocycles. The molecule has 1 rings (SSSR count). The van der Waals surface area contributed by atoms with E-state index in [0.717, 1.165) is 12.1 Å². The Morgan fingerprint density at radius 2 is 2.44 bits per heavy atom. The molecule has 0 saturated heterocycles. The fourth-order valence-electron chi connectivity index (χ4n) is 1.29. The first-order valence-electron chi connectivity index (χ1n) is 5.93. The molecule has 0 amide bonds. The number of rotatable bonds is 7. The van der Waals surface area contributed by atoms with Crippen LogP contribution < -0.4 is 5.32 Å². The van der Waals surface area contributed by atoms with E-state index in [1.807, 2.05) is 19.2 Å². The third kappa shape index (κ3) is 5.58. The Morgan fingerprint density at radius 3 is 3.17 bits per heavy atom. The Balaban J connectivity index is 2.51. The second-order valence-electron chi connectivity index (χ2n) is 3.92. The van der Waals surface area contributed by atoms with Gasteiger partial charge in [-0.2, -0.15) is 0 Å². The molecule has 1 atom stereocenters. The Morgan fingerprint density at radius 1 is 1.61 bits per heavy atom. The summed E-state index contributed by atoms with van der Waals surface area (Å²) in [6.45, 7) is 2.76. The van der Waals surface area contributed by atoms with Gasteiger partial charge in [0.05, 0.1) is 5.69 Å². The maximum absolute atomic E-state index is 5.19. The Labute approximate surface area is 108 Å². The van der Waals surface area contributed by atoms with Crippen LogP contribution in [0.15, 0.2) is 18.3 Å². The van der Waals surface area contributed by atoms with Crippen LogP contribution in [0.3, 0.4) is 0 Å². The third-order valence-corrected chi connectivity index (χ3v) is 2.41. The van der Waals surface area contributed by atoms with Crippen LogP contribution >= 0.6 is 0 Å². The van der Waals surface area contributed by atoms with Crippen molar-refractivity contribution < 1.29 is 4.74 Å². The van der Waals surface area contributed by atoms with E-state index in [1.54, 1.807) is 6.20 Å². The highest BCUT2D eigenvalue weighted by Gasteiger charge is 1.97. The van der Waals surface area contributed by atoms with E-state index < -0.39 is 0 Å². The molecule has 1 unspecified atom stereocenters. The van der Waals surface area contributed by atoms with Gasteiger partial charge in [0.15, 0.2) is 5.82 Å². The molecule has 4 nitrogen and oxygen atoms in total. The zero-order valence-corrected chi connectivity index (χ0v) is 10.9. The van der Waals surface area contributed by atoms with Crippen LogP contribution in [-0.4, -0.2) is 29.7 Å². The predicted molar refractivity (Wildman–Crippen MR) is 72.7 cm³/mol. The Bertz CT molecular complexity index is 423. The van der Waals surface area contributed by atoms with Crippen molar-refractivity contribution in [1.29, 1.82) is 0 Å². The van der Waals surface area contributed by atoms with Crippen LogP contribution in [-0.2, 0) is 11.3 Å². The monoisotopic (exact) mass is 245 g/mol. The molecule has 4 heteroatoms. The smallest absolute Gasteiger partial charge is 0.154 e. The number of ether oxygens (including phenoxy) is 1. The molecule has 1 N–H and O–H groups in total. The highest BCUT2D eigenvalue weighted by molar-refractivity contribution is 5.43. The number of terminal acetylenes is 1. The lowest BCUT2D eigenvalue weighted by Gasteiger charge is -2.05. The first-order chi connectivity index (χ1) is 8.76. The van der Waals surface area contributed by atoms with Crippen LogP contribution in [0, 0.1) is 12.3 Å². The molecule has 0 aromatic carbocycles. The van der Waals surface area contributed by atoms with Crippen molar-refractivity contribution in [3.63, 3.8) is 0 Å². The fraction of sp³-hybridized carbons (Fsp3) is 0.429. The minimum Gasteiger partial charge on any atom is -0.361 e. The highest BCUT2D eigenvalue weighted by Crippen LogP contribution is 2.02. The summed E-state index contributed by atoms with van der Waals surface area (Å²) in [5.41, 5.74) is 0.882. The molecule has 1 heterocycles. The van der Waals surface area contributed by atoms with Crippen LogP contribution in [0.1, 0.15) is 24.9 Å². The van der Waals surface area contributed by atoms with Gasteiger partial charge < -0.3 is 10.1 Å². The predicted octanol–water partition coefficient (Wildman–Crippen LogP) is 1.64. The molecule has 1 aromatic heterocycles. The Hall–Kier alpha value is -1.70. The molecule has 0 aliphatic heterocycles. The van der Waals surface area contributed by atoms with E-state index in [0.29, 0.717) is 18.5 Å². The first kappa shape index (κ1) is 14.4. The summed E-state index contributed by atoms with van der Waals surface area (Å²) < 4.78 is 5.19. The average molecular weight is 245 g/mol. The second kappa shape index (κ2) is 8.40. The summed E-state index contributed by atoms with van der Waals surface area (Å²) in [6.07, 6.45) is 11.9. The SMILES string of the molecule is C#CCOCc1nccc(C=CCC(C)NC)n1. The molecule has 0 radical (unpaired) electrons. The van der Waals surface area contributed by atoms with Crippen LogP contribution in [0.5, 0.6) is 0 Å². The van der Waals surface area contributed by atoms with Gasteiger partial charge in [-0.15, -0.1) is 6.42 Å². The lowest BCUT2D eigenvalue weighted by molar-refractivity contribution is 0.147. The van der Waals surface area contributed by atoms with Crippen molar-refractivity contribution in [3.8, 4) is 12.3 Å². The average Bonchev–Trinajstić information content (AvgIpc) is 2.39. The summed E-state index contributed by atoms with van der Waals surface area (Å²) in [7, 11) is 1.95. The zero-order valence-electron chi connectivity index (χ0n) is 10.9. The number of nitrogens with one attached hydrogen (secondary N) is 1. The summed E-state index contributed by atoms with van der Waals surface area (Å²) >= 11 is 0. The minimum atomic E-state index is 0.281. The molecule has 18 heavy (non-hydrogen) atoms. The number of hydrogen-bond acceptors (Lipinski definition) is 4. The van der Waals surface area contributed by atoms with E-state index in [-0.39, 0.29) is 6.61 Å². The maximum atomic E-state index is 5.19. The van der Waals surface area contributed by atoms with Crippen molar-refractivity contribution in [1.82, 2.24) is 15.3 Å². The standard InChI is InChI=1S/C14H19N3O/c1-4-10-18-11-14-16-9-8-13(17-14)7-5-6-12(2)15-3/h1,5,7-9,12,15H,6,10-11H2,2-3H3. The Kier molecular flexibility index (Phi) is 6.70. The quantitative estimate of drug-likeness (QED) is 0.586. The molecule has 96 valence electrons.